The number of benzene rings is 1. The predicted molar refractivity (Wildman–Crippen MR) is 102 cm³/mol. The molecule has 2 rings (SSSR count). The van der Waals surface area contributed by atoms with Crippen LogP contribution < -0.4 is 10.6 Å². The highest BCUT2D eigenvalue weighted by atomic mass is 35.5. The SMILES string of the molecule is CC(C)C(SCc1ccccc1)C(=O)NCCC1CCNC1.Cl. The summed E-state index contributed by atoms with van der Waals surface area (Å²) in [5.41, 5.74) is 1.28. The number of nitrogens with one attached hydrogen (secondary N) is 2. The zero-order valence-electron chi connectivity index (χ0n) is 14.1. The molecule has 1 aliphatic heterocycles. The van der Waals surface area contributed by atoms with Crippen LogP contribution in [0.3, 0.4) is 0 Å². The van der Waals surface area contributed by atoms with Crippen LogP contribution >= 0.6 is 24.2 Å². The first-order valence-electron chi connectivity index (χ1n) is 8.30. The van der Waals surface area contributed by atoms with Gasteiger partial charge in [-0.15, -0.1) is 24.2 Å². The van der Waals surface area contributed by atoms with Gasteiger partial charge in [0.15, 0.2) is 0 Å². The second kappa shape index (κ2) is 11.0. The Balaban J connectivity index is 0.00000264. The van der Waals surface area contributed by atoms with Crippen molar-refractivity contribution in [3.63, 3.8) is 0 Å². The van der Waals surface area contributed by atoms with Crippen LogP contribution in [0.25, 0.3) is 0 Å². The molecule has 2 unspecified atom stereocenters. The van der Waals surface area contributed by atoms with Gasteiger partial charge in [0.2, 0.25) is 5.91 Å². The highest BCUT2D eigenvalue weighted by Gasteiger charge is 2.23. The van der Waals surface area contributed by atoms with E-state index < -0.39 is 0 Å². The number of amides is 1. The predicted octanol–water partition coefficient (Wildman–Crippen LogP) is 3.48. The van der Waals surface area contributed by atoms with E-state index in [0.29, 0.717) is 5.92 Å². The quantitative estimate of drug-likeness (QED) is 0.749. The van der Waals surface area contributed by atoms with Gasteiger partial charge in [-0.2, -0.15) is 0 Å². The molecule has 1 saturated heterocycles. The monoisotopic (exact) mass is 356 g/mol. The Morgan fingerprint density at radius 1 is 1.35 bits per heavy atom. The number of carbonyl (C=O) groups excluding carboxylic acids is 1. The highest BCUT2D eigenvalue weighted by Crippen LogP contribution is 2.24. The van der Waals surface area contributed by atoms with Gasteiger partial charge in [0.25, 0.3) is 0 Å². The molecular formula is C18H29ClN2OS. The summed E-state index contributed by atoms with van der Waals surface area (Å²) in [4.78, 5) is 12.4. The van der Waals surface area contributed by atoms with Gasteiger partial charge in [0.05, 0.1) is 5.25 Å². The molecule has 0 radical (unpaired) electrons. The summed E-state index contributed by atoms with van der Waals surface area (Å²) in [6, 6.07) is 10.4. The number of halogens is 1. The lowest BCUT2D eigenvalue weighted by molar-refractivity contribution is -0.121. The van der Waals surface area contributed by atoms with E-state index in [2.05, 4.69) is 48.7 Å². The molecule has 3 nitrogen and oxygen atoms in total. The van der Waals surface area contributed by atoms with Crippen molar-refractivity contribution in [2.45, 2.75) is 37.7 Å². The van der Waals surface area contributed by atoms with Crippen LogP contribution in [-0.4, -0.2) is 30.8 Å². The molecule has 2 atom stereocenters. The lowest BCUT2D eigenvalue weighted by atomic mass is 10.0. The molecule has 1 heterocycles. The van der Waals surface area contributed by atoms with E-state index in [1.54, 1.807) is 11.8 Å². The maximum atomic E-state index is 12.4. The minimum atomic E-state index is 0. The second-order valence-corrected chi connectivity index (χ2v) is 7.53. The third-order valence-electron chi connectivity index (χ3n) is 4.15. The van der Waals surface area contributed by atoms with Crippen molar-refractivity contribution in [3.05, 3.63) is 35.9 Å². The maximum Gasteiger partial charge on any atom is 0.233 e. The van der Waals surface area contributed by atoms with Gasteiger partial charge in [-0.3, -0.25) is 4.79 Å². The number of rotatable bonds is 8. The van der Waals surface area contributed by atoms with Crippen LogP contribution in [0.4, 0.5) is 0 Å². The molecule has 1 aromatic carbocycles. The molecule has 23 heavy (non-hydrogen) atoms. The van der Waals surface area contributed by atoms with Crippen molar-refractivity contribution in [1.82, 2.24) is 10.6 Å². The van der Waals surface area contributed by atoms with Crippen LogP contribution in [0.5, 0.6) is 0 Å². The molecule has 0 aromatic heterocycles. The first-order valence-corrected chi connectivity index (χ1v) is 9.35. The number of hydrogen-bond donors (Lipinski definition) is 2. The third-order valence-corrected chi connectivity index (χ3v) is 5.77. The van der Waals surface area contributed by atoms with Gasteiger partial charge in [-0.1, -0.05) is 44.2 Å². The molecule has 0 aliphatic carbocycles. The zero-order valence-corrected chi connectivity index (χ0v) is 15.7. The highest BCUT2D eigenvalue weighted by molar-refractivity contribution is 7.99. The Labute approximate surface area is 150 Å². The lowest BCUT2D eigenvalue weighted by Crippen LogP contribution is -2.37. The van der Waals surface area contributed by atoms with E-state index >= 15 is 0 Å². The van der Waals surface area contributed by atoms with Gasteiger partial charge < -0.3 is 10.6 Å². The molecule has 5 heteroatoms. The Morgan fingerprint density at radius 2 is 2.09 bits per heavy atom. The first-order chi connectivity index (χ1) is 10.7. The topological polar surface area (TPSA) is 41.1 Å². The van der Waals surface area contributed by atoms with Crippen LogP contribution in [0.1, 0.15) is 32.3 Å². The van der Waals surface area contributed by atoms with Crippen molar-refractivity contribution in [1.29, 1.82) is 0 Å². The summed E-state index contributed by atoms with van der Waals surface area (Å²) in [5.74, 6) is 2.17. The largest absolute Gasteiger partial charge is 0.355 e. The van der Waals surface area contributed by atoms with E-state index in [1.165, 1.54) is 12.0 Å². The molecule has 0 saturated carbocycles. The van der Waals surface area contributed by atoms with Gasteiger partial charge in [-0.05, 0) is 43.3 Å². The van der Waals surface area contributed by atoms with E-state index in [1.807, 2.05) is 6.07 Å². The minimum absolute atomic E-state index is 0. The number of carbonyl (C=O) groups is 1. The summed E-state index contributed by atoms with van der Waals surface area (Å²) in [6.45, 7) is 7.29. The lowest BCUT2D eigenvalue weighted by Gasteiger charge is -2.20. The summed E-state index contributed by atoms with van der Waals surface area (Å²) < 4.78 is 0. The van der Waals surface area contributed by atoms with Crippen molar-refractivity contribution >= 4 is 30.1 Å². The van der Waals surface area contributed by atoms with Crippen molar-refractivity contribution in [2.75, 3.05) is 19.6 Å². The molecule has 1 amide bonds. The number of hydrogen-bond acceptors (Lipinski definition) is 3. The van der Waals surface area contributed by atoms with Crippen LogP contribution in [0.2, 0.25) is 0 Å². The fourth-order valence-corrected chi connectivity index (χ4v) is 3.98. The van der Waals surface area contributed by atoms with Gasteiger partial charge >= 0.3 is 0 Å². The Morgan fingerprint density at radius 3 is 2.70 bits per heavy atom. The Hall–Kier alpha value is -0.710. The molecule has 130 valence electrons. The van der Waals surface area contributed by atoms with Crippen LogP contribution in [0.15, 0.2) is 30.3 Å². The molecular weight excluding hydrogens is 328 g/mol. The Kier molecular flexibility index (Phi) is 9.68. The fraction of sp³-hybridized carbons (Fsp3) is 0.611. The van der Waals surface area contributed by atoms with Crippen molar-refractivity contribution < 1.29 is 4.79 Å². The van der Waals surface area contributed by atoms with Crippen molar-refractivity contribution in [3.8, 4) is 0 Å². The molecule has 0 spiro atoms. The van der Waals surface area contributed by atoms with Gasteiger partial charge in [-0.25, -0.2) is 0 Å². The van der Waals surface area contributed by atoms with E-state index in [0.717, 1.165) is 37.7 Å². The summed E-state index contributed by atoms with van der Waals surface area (Å²) in [7, 11) is 0. The molecule has 1 aliphatic rings. The van der Waals surface area contributed by atoms with Gasteiger partial charge in [0.1, 0.15) is 0 Å². The average molecular weight is 357 g/mol. The summed E-state index contributed by atoms with van der Waals surface area (Å²) in [6.07, 6.45) is 2.33. The molecule has 1 aromatic rings. The van der Waals surface area contributed by atoms with Crippen LogP contribution in [0, 0.1) is 11.8 Å². The van der Waals surface area contributed by atoms with Gasteiger partial charge in [0, 0.05) is 12.3 Å². The number of thioether (sulfide) groups is 1. The smallest absolute Gasteiger partial charge is 0.233 e. The Bertz CT molecular complexity index is 450. The zero-order chi connectivity index (χ0) is 15.8. The standard InChI is InChI=1S/C18H28N2OS.ClH/c1-14(2)17(22-13-16-6-4-3-5-7-16)18(21)20-11-9-15-8-10-19-12-15;/h3-7,14-15,17,19H,8-13H2,1-2H3,(H,20,21);1H. The molecule has 0 bridgehead atoms. The maximum absolute atomic E-state index is 12.4. The average Bonchev–Trinajstić information content (AvgIpc) is 3.01. The van der Waals surface area contributed by atoms with E-state index in [9.17, 15) is 4.79 Å². The summed E-state index contributed by atoms with van der Waals surface area (Å²) in [5, 5.41) is 6.54. The normalized spacial score (nSPS) is 18.5. The minimum Gasteiger partial charge on any atom is -0.355 e. The molecule has 2 N–H and O–H groups in total. The second-order valence-electron chi connectivity index (χ2n) is 6.40. The molecule has 1 fully saturated rings. The van der Waals surface area contributed by atoms with E-state index in [-0.39, 0.29) is 23.6 Å². The van der Waals surface area contributed by atoms with E-state index in [4.69, 9.17) is 0 Å². The van der Waals surface area contributed by atoms with Crippen LogP contribution in [-0.2, 0) is 10.5 Å². The first kappa shape index (κ1) is 20.3. The van der Waals surface area contributed by atoms with Crippen molar-refractivity contribution in [2.24, 2.45) is 11.8 Å². The fourth-order valence-electron chi connectivity index (χ4n) is 2.79. The summed E-state index contributed by atoms with van der Waals surface area (Å²) >= 11 is 1.75. The third kappa shape index (κ3) is 7.15.